The maximum atomic E-state index is 13.7. The number of carbonyl (C=O) groups excluding carboxylic acids is 1. The topological polar surface area (TPSA) is 69.7 Å². The highest BCUT2D eigenvalue weighted by Crippen LogP contribution is 2.53. The van der Waals surface area contributed by atoms with E-state index in [1.54, 1.807) is 9.80 Å². The van der Waals surface area contributed by atoms with E-state index in [4.69, 9.17) is 0 Å². The van der Waals surface area contributed by atoms with Crippen molar-refractivity contribution in [3.63, 3.8) is 0 Å². The molecule has 32 heavy (non-hydrogen) atoms. The van der Waals surface area contributed by atoms with Crippen LogP contribution in [-0.4, -0.2) is 67.2 Å². The van der Waals surface area contributed by atoms with E-state index >= 15 is 0 Å². The number of carbonyl (C=O) groups is 1. The molecule has 176 valence electrons. The Labute approximate surface area is 187 Å². The van der Waals surface area contributed by atoms with E-state index in [1.165, 1.54) is 12.1 Å². The quantitative estimate of drug-likeness (QED) is 0.519. The number of hydrogen-bond donors (Lipinski definition) is 1. The van der Waals surface area contributed by atoms with Crippen molar-refractivity contribution in [3.05, 3.63) is 29.6 Å². The van der Waals surface area contributed by atoms with Crippen molar-refractivity contribution in [1.82, 2.24) is 14.5 Å². The molecule has 5 rings (SSSR count). The lowest BCUT2D eigenvalue weighted by Gasteiger charge is -2.61. The van der Waals surface area contributed by atoms with Gasteiger partial charge in [0.05, 0.1) is 11.3 Å². The minimum absolute atomic E-state index is 0.0503. The third-order valence-electron chi connectivity index (χ3n) is 6.93. The molecule has 6 nitrogen and oxygen atoms in total. The van der Waals surface area contributed by atoms with Crippen LogP contribution >= 0.6 is 11.8 Å². The Bertz CT molecular complexity index is 1040. The van der Waals surface area contributed by atoms with Crippen LogP contribution in [0.15, 0.2) is 23.1 Å². The Morgan fingerprint density at radius 2 is 1.78 bits per heavy atom. The SMILES string of the molecule is O=C(N1CC2(CC(Cc3cc(F)cc(SC(F)(F)F)c3)C2)C1)N1CC2(CCS(=O)(=O)N2)C1. The maximum Gasteiger partial charge on any atom is 0.446 e. The minimum atomic E-state index is -4.45. The molecule has 0 radical (unpaired) electrons. The summed E-state index contributed by atoms with van der Waals surface area (Å²) in [7, 11) is -3.22. The Morgan fingerprint density at radius 3 is 2.38 bits per heavy atom. The molecule has 0 unspecified atom stereocenters. The van der Waals surface area contributed by atoms with Gasteiger partial charge in [0.25, 0.3) is 0 Å². The van der Waals surface area contributed by atoms with Gasteiger partial charge in [-0.2, -0.15) is 13.2 Å². The summed E-state index contributed by atoms with van der Waals surface area (Å²) in [6.45, 7) is 2.07. The van der Waals surface area contributed by atoms with E-state index < -0.39 is 26.9 Å². The summed E-state index contributed by atoms with van der Waals surface area (Å²) in [6, 6.07) is 3.52. The van der Waals surface area contributed by atoms with Gasteiger partial charge in [-0.05, 0) is 67.1 Å². The Kier molecular flexibility index (Phi) is 5.03. The van der Waals surface area contributed by atoms with Crippen molar-refractivity contribution in [1.29, 1.82) is 0 Å². The van der Waals surface area contributed by atoms with E-state index in [0.29, 0.717) is 44.6 Å². The van der Waals surface area contributed by atoms with Crippen LogP contribution in [0.25, 0.3) is 0 Å². The summed E-state index contributed by atoms with van der Waals surface area (Å²) in [5.41, 5.74) is -4.33. The Morgan fingerprint density at radius 1 is 1.12 bits per heavy atom. The van der Waals surface area contributed by atoms with Crippen molar-refractivity contribution in [3.8, 4) is 0 Å². The summed E-state index contributed by atoms with van der Waals surface area (Å²) in [5.74, 6) is -0.302. The molecule has 0 atom stereocenters. The molecule has 2 amide bonds. The predicted octanol–water partition coefficient (Wildman–Crippen LogP) is 3.19. The molecular formula is C20H23F4N3O3S2. The maximum absolute atomic E-state index is 13.7. The van der Waals surface area contributed by atoms with Crippen molar-refractivity contribution < 1.29 is 30.8 Å². The Hall–Kier alpha value is -1.53. The van der Waals surface area contributed by atoms with Gasteiger partial charge >= 0.3 is 11.5 Å². The molecule has 2 spiro atoms. The lowest BCUT2D eigenvalue weighted by atomic mass is 9.56. The number of thioether (sulfide) groups is 1. The van der Waals surface area contributed by atoms with Gasteiger partial charge in [0, 0.05) is 36.5 Å². The molecule has 4 aliphatic rings. The summed E-state index contributed by atoms with van der Waals surface area (Å²) >= 11 is -0.309. The number of halogens is 4. The van der Waals surface area contributed by atoms with E-state index in [-0.39, 0.29) is 39.8 Å². The van der Waals surface area contributed by atoms with Crippen LogP contribution in [0.2, 0.25) is 0 Å². The van der Waals surface area contributed by atoms with Gasteiger partial charge < -0.3 is 9.80 Å². The zero-order valence-corrected chi connectivity index (χ0v) is 18.8. The minimum Gasteiger partial charge on any atom is -0.323 e. The first-order chi connectivity index (χ1) is 14.8. The van der Waals surface area contributed by atoms with Gasteiger partial charge in [-0.3, -0.25) is 0 Å². The van der Waals surface area contributed by atoms with E-state index in [0.717, 1.165) is 18.9 Å². The van der Waals surface area contributed by atoms with Crippen molar-refractivity contribution in [2.75, 3.05) is 31.9 Å². The van der Waals surface area contributed by atoms with E-state index in [9.17, 15) is 30.8 Å². The molecule has 1 aromatic rings. The second kappa shape index (κ2) is 7.23. The van der Waals surface area contributed by atoms with Gasteiger partial charge in [-0.1, -0.05) is 0 Å². The number of sulfonamides is 1. The summed E-state index contributed by atoms with van der Waals surface area (Å²) in [5, 5.41) is 0. The molecule has 0 bridgehead atoms. The van der Waals surface area contributed by atoms with Crippen molar-refractivity contribution in [2.24, 2.45) is 11.3 Å². The summed E-state index contributed by atoms with van der Waals surface area (Å²) < 4.78 is 77.4. The lowest BCUT2D eigenvalue weighted by molar-refractivity contribution is -0.0822. The van der Waals surface area contributed by atoms with Crippen LogP contribution in [0.4, 0.5) is 22.4 Å². The molecular weight excluding hydrogens is 470 g/mol. The average molecular weight is 494 g/mol. The zero-order chi connectivity index (χ0) is 22.9. The van der Waals surface area contributed by atoms with Crippen LogP contribution in [0, 0.1) is 17.2 Å². The zero-order valence-electron chi connectivity index (χ0n) is 17.1. The fraction of sp³-hybridized carbons (Fsp3) is 0.650. The molecule has 4 fully saturated rings. The summed E-state index contributed by atoms with van der Waals surface area (Å²) in [6.07, 6.45) is 2.76. The molecule has 3 saturated heterocycles. The number of nitrogens with one attached hydrogen (secondary N) is 1. The fourth-order valence-corrected chi connectivity index (χ4v) is 8.04. The number of amides is 2. The highest BCUT2D eigenvalue weighted by atomic mass is 32.2. The van der Waals surface area contributed by atoms with Gasteiger partial charge in [0.1, 0.15) is 5.82 Å². The molecule has 3 heterocycles. The molecule has 1 aromatic carbocycles. The van der Waals surface area contributed by atoms with Crippen molar-refractivity contribution in [2.45, 2.75) is 41.6 Å². The van der Waals surface area contributed by atoms with Gasteiger partial charge in [-0.15, -0.1) is 0 Å². The van der Waals surface area contributed by atoms with Gasteiger partial charge in [-0.25, -0.2) is 22.3 Å². The third-order valence-corrected chi connectivity index (χ3v) is 9.12. The number of likely N-dealkylation sites (tertiary alicyclic amines) is 2. The first-order valence-corrected chi connectivity index (χ1v) is 12.9. The van der Waals surface area contributed by atoms with Crippen LogP contribution in [0.1, 0.15) is 24.8 Å². The number of nitrogens with zero attached hydrogens (tertiary/aromatic N) is 2. The molecule has 3 aliphatic heterocycles. The largest absolute Gasteiger partial charge is 0.446 e. The lowest BCUT2D eigenvalue weighted by Crippen LogP contribution is -2.73. The average Bonchev–Trinajstić information content (AvgIpc) is 2.88. The van der Waals surface area contributed by atoms with Crippen LogP contribution in [0.3, 0.4) is 0 Å². The van der Waals surface area contributed by atoms with Crippen molar-refractivity contribution >= 4 is 27.8 Å². The van der Waals surface area contributed by atoms with Crippen LogP contribution in [-0.2, 0) is 16.4 Å². The molecule has 12 heteroatoms. The van der Waals surface area contributed by atoms with Gasteiger partial charge in [0.15, 0.2) is 0 Å². The second-order valence-corrected chi connectivity index (χ2v) is 12.7. The van der Waals surface area contributed by atoms with E-state index in [1.807, 2.05) is 0 Å². The molecule has 1 saturated carbocycles. The predicted molar refractivity (Wildman–Crippen MR) is 110 cm³/mol. The monoisotopic (exact) mass is 493 g/mol. The molecule has 1 N–H and O–H groups in total. The number of rotatable bonds is 3. The standard InChI is InChI=1S/C20H23F4N3O3S2/c21-15-4-13(5-16(6-15)31-20(22,23)24)3-14-7-18(8-14)9-26(10-18)17(28)27-11-19(12-27)1-2-32(29,30)25-19/h4-6,14,25H,1-3,7-12H2. The highest BCUT2D eigenvalue weighted by molar-refractivity contribution is 8.00. The number of hydrogen-bond acceptors (Lipinski definition) is 4. The number of benzene rings is 1. The second-order valence-electron chi connectivity index (χ2n) is 9.77. The first kappa shape index (κ1) is 22.3. The van der Waals surface area contributed by atoms with Gasteiger partial charge in [0.2, 0.25) is 10.0 Å². The highest BCUT2D eigenvalue weighted by Gasteiger charge is 2.57. The van der Waals surface area contributed by atoms with E-state index in [2.05, 4.69) is 4.72 Å². The smallest absolute Gasteiger partial charge is 0.323 e. The third kappa shape index (κ3) is 4.33. The fourth-order valence-electron chi connectivity index (χ4n) is 5.73. The number of urea groups is 1. The first-order valence-electron chi connectivity index (χ1n) is 10.4. The summed E-state index contributed by atoms with van der Waals surface area (Å²) in [4.78, 5) is 15.9. The van der Waals surface area contributed by atoms with Crippen LogP contribution in [0.5, 0.6) is 0 Å². The molecule has 0 aromatic heterocycles. The normalized spacial score (nSPS) is 25.5. The molecule has 1 aliphatic carbocycles. The number of alkyl halides is 3. The Balaban J connectivity index is 1.09. The van der Waals surface area contributed by atoms with Crippen LogP contribution < -0.4 is 4.72 Å².